The zero-order chi connectivity index (χ0) is 22.4. The maximum absolute atomic E-state index is 13.0. The minimum atomic E-state index is -0.402. The predicted molar refractivity (Wildman–Crippen MR) is 125 cm³/mol. The first-order valence-electron chi connectivity index (χ1n) is 10.5. The lowest BCUT2D eigenvalue weighted by atomic mass is 10.1. The Morgan fingerprint density at radius 1 is 1.16 bits per heavy atom. The first kappa shape index (κ1) is 20.5. The summed E-state index contributed by atoms with van der Waals surface area (Å²) in [5.41, 5.74) is 3.99. The molecule has 32 heavy (non-hydrogen) atoms. The molecule has 1 aromatic carbocycles. The number of rotatable bonds is 5. The van der Waals surface area contributed by atoms with Crippen LogP contribution in [0.5, 0.6) is 0 Å². The van der Waals surface area contributed by atoms with Crippen molar-refractivity contribution < 1.29 is 4.42 Å². The van der Waals surface area contributed by atoms with Gasteiger partial charge in [-0.05, 0) is 45.9 Å². The Kier molecular flexibility index (Phi) is 5.09. The summed E-state index contributed by atoms with van der Waals surface area (Å²) in [6, 6.07) is 9.75. The average molecular weight is 450 g/mol. The molecule has 0 spiro atoms. The fourth-order valence-corrected chi connectivity index (χ4v) is 4.78. The summed E-state index contributed by atoms with van der Waals surface area (Å²) in [7, 11) is 0. The van der Waals surface area contributed by atoms with Crippen molar-refractivity contribution in [2.75, 3.05) is 23.7 Å². The SMILES string of the molecule is CCN(CC)c1cccc2cc(C3=Nn4c(nnc4-n4nc(C)cc4C)SC3)c(=O)oc12. The largest absolute Gasteiger partial charge is 0.420 e. The molecule has 1 aliphatic heterocycles. The number of hydrogen-bond acceptors (Lipinski definition) is 8. The molecular weight excluding hydrogens is 426 g/mol. The second-order valence-electron chi connectivity index (χ2n) is 7.58. The smallest absolute Gasteiger partial charge is 0.345 e. The fourth-order valence-electron chi connectivity index (χ4n) is 3.96. The van der Waals surface area contributed by atoms with E-state index < -0.39 is 5.63 Å². The van der Waals surface area contributed by atoms with Gasteiger partial charge >= 0.3 is 5.63 Å². The lowest BCUT2D eigenvalue weighted by Gasteiger charge is -2.21. The number of anilines is 1. The van der Waals surface area contributed by atoms with Crippen LogP contribution in [-0.2, 0) is 0 Å². The van der Waals surface area contributed by atoms with Gasteiger partial charge in [0.2, 0.25) is 5.16 Å². The lowest BCUT2D eigenvalue weighted by molar-refractivity contribution is 0.557. The minimum absolute atomic E-state index is 0.402. The quantitative estimate of drug-likeness (QED) is 0.431. The van der Waals surface area contributed by atoms with E-state index in [1.54, 1.807) is 9.36 Å². The molecule has 10 heteroatoms. The maximum Gasteiger partial charge on any atom is 0.345 e. The van der Waals surface area contributed by atoms with Crippen LogP contribution < -0.4 is 10.5 Å². The van der Waals surface area contributed by atoms with Gasteiger partial charge in [0.1, 0.15) is 0 Å². The van der Waals surface area contributed by atoms with E-state index in [0.717, 1.165) is 35.6 Å². The average Bonchev–Trinajstić information content (AvgIpc) is 3.35. The van der Waals surface area contributed by atoms with E-state index in [1.807, 2.05) is 44.2 Å². The summed E-state index contributed by atoms with van der Waals surface area (Å²) in [6.07, 6.45) is 0. The first-order chi connectivity index (χ1) is 15.5. The molecule has 0 saturated carbocycles. The second-order valence-corrected chi connectivity index (χ2v) is 8.53. The second kappa shape index (κ2) is 7.94. The number of thioether (sulfide) groups is 1. The molecule has 0 aliphatic carbocycles. The van der Waals surface area contributed by atoms with Gasteiger partial charge in [0.25, 0.3) is 5.95 Å². The Morgan fingerprint density at radius 3 is 2.69 bits per heavy atom. The van der Waals surface area contributed by atoms with E-state index in [0.29, 0.717) is 33.7 Å². The number of hydrogen-bond donors (Lipinski definition) is 0. The molecule has 4 aromatic rings. The van der Waals surface area contributed by atoms with E-state index >= 15 is 0 Å². The van der Waals surface area contributed by atoms with Crippen molar-refractivity contribution in [2.24, 2.45) is 5.10 Å². The maximum atomic E-state index is 13.0. The Labute approximate surface area is 188 Å². The van der Waals surface area contributed by atoms with Gasteiger partial charge in [-0.2, -0.15) is 14.9 Å². The van der Waals surface area contributed by atoms with Gasteiger partial charge in [-0.3, -0.25) is 0 Å². The molecule has 0 saturated heterocycles. The summed E-state index contributed by atoms with van der Waals surface area (Å²) in [5, 5.41) is 19.2. The monoisotopic (exact) mass is 449 g/mol. The normalized spacial score (nSPS) is 13.3. The van der Waals surface area contributed by atoms with Gasteiger partial charge in [0.15, 0.2) is 5.58 Å². The van der Waals surface area contributed by atoms with Crippen molar-refractivity contribution in [2.45, 2.75) is 32.9 Å². The van der Waals surface area contributed by atoms with E-state index in [1.165, 1.54) is 11.8 Å². The number of benzene rings is 1. The summed E-state index contributed by atoms with van der Waals surface area (Å²) in [6.45, 7) is 9.70. The van der Waals surface area contributed by atoms with Crippen LogP contribution in [0.3, 0.4) is 0 Å². The molecule has 5 rings (SSSR count). The number of fused-ring (bicyclic) bond motifs is 2. The van der Waals surface area contributed by atoms with Gasteiger partial charge < -0.3 is 9.32 Å². The molecule has 4 heterocycles. The lowest BCUT2D eigenvalue weighted by Crippen LogP contribution is -2.24. The van der Waals surface area contributed by atoms with Gasteiger partial charge in [-0.15, -0.1) is 10.2 Å². The standard InChI is InChI=1S/C22H23N7O2S/c1-5-27(6-2)18-9-7-8-15-11-16(20(30)31-19(15)18)17-12-32-22-24-23-21(29(22)26-17)28-14(4)10-13(3)25-28/h7-11H,5-6,12H2,1-4H3. The molecule has 0 radical (unpaired) electrons. The molecule has 164 valence electrons. The van der Waals surface area contributed by atoms with E-state index in [9.17, 15) is 4.79 Å². The Balaban J connectivity index is 1.63. The highest BCUT2D eigenvalue weighted by Crippen LogP contribution is 2.29. The van der Waals surface area contributed by atoms with Crippen LogP contribution in [0.2, 0.25) is 0 Å². The first-order valence-corrected chi connectivity index (χ1v) is 11.5. The number of aryl methyl sites for hydroxylation is 2. The minimum Gasteiger partial charge on any atom is -0.420 e. The molecular formula is C22H23N7O2S. The van der Waals surface area contributed by atoms with Crippen LogP contribution in [0, 0.1) is 13.8 Å². The van der Waals surface area contributed by atoms with Gasteiger partial charge in [-0.25, -0.2) is 9.48 Å². The van der Waals surface area contributed by atoms with Crippen molar-refractivity contribution in [3.63, 3.8) is 0 Å². The summed E-state index contributed by atoms with van der Waals surface area (Å²) in [5.74, 6) is 0.991. The number of aromatic nitrogens is 5. The van der Waals surface area contributed by atoms with Crippen LogP contribution in [0.4, 0.5) is 5.69 Å². The summed E-state index contributed by atoms with van der Waals surface area (Å²) >= 11 is 1.48. The molecule has 0 N–H and O–H groups in total. The van der Waals surface area contributed by atoms with Crippen LogP contribution in [0.1, 0.15) is 30.8 Å². The molecule has 0 amide bonds. The summed E-state index contributed by atoms with van der Waals surface area (Å²) in [4.78, 5) is 15.2. The van der Waals surface area contributed by atoms with Crippen molar-refractivity contribution in [3.8, 4) is 5.95 Å². The highest BCUT2D eigenvalue weighted by molar-refractivity contribution is 7.99. The van der Waals surface area contributed by atoms with Gasteiger partial charge in [0.05, 0.1) is 22.7 Å². The third-order valence-corrected chi connectivity index (χ3v) is 6.44. The number of para-hydroxylation sites is 1. The Morgan fingerprint density at radius 2 is 1.97 bits per heavy atom. The van der Waals surface area contributed by atoms with Crippen LogP contribution in [0.25, 0.3) is 16.9 Å². The predicted octanol–water partition coefficient (Wildman–Crippen LogP) is 3.39. The molecule has 9 nitrogen and oxygen atoms in total. The van der Waals surface area contributed by atoms with E-state index in [-0.39, 0.29) is 0 Å². The van der Waals surface area contributed by atoms with E-state index in [2.05, 4.69) is 34.0 Å². The fraction of sp³-hybridized carbons (Fsp3) is 0.318. The molecule has 0 bridgehead atoms. The van der Waals surface area contributed by atoms with Crippen molar-refractivity contribution >= 4 is 34.1 Å². The Hall–Kier alpha value is -3.40. The highest BCUT2D eigenvalue weighted by atomic mass is 32.2. The molecule has 1 aliphatic rings. The van der Waals surface area contributed by atoms with Crippen molar-refractivity contribution in [1.82, 2.24) is 24.7 Å². The van der Waals surface area contributed by atoms with Crippen LogP contribution in [-0.4, -0.2) is 49.2 Å². The van der Waals surface area contributed by atoms with Crippen LogP contribution in [0.15, 0.2) is 49.8 Å². The number of nitrogens with zero attached hydrogens (tertiary/aromatic N) is 7. The Bertz CT molecular complexity index is 1410. The topological polar surface area (TPSA) is 94.3 Å². The highest BCUT2D eigenvalue weighted by Gasteiger charge is 2.24. The zero-order valence-corrected chi connectivity index (χ0v) is 19.2. The third-order valence-electron chi connectivity index (χ3n) is 5.51. The molecule has 0 atom stereocenters. The summed E-state index contributed by atoms with van der Waals surface area (Å²) < 4.78 is 9.17. The molecule has 0 fully saturated rings. The molecule has 3 aromatic heterocycles. The zero-order valence-electron chi connectivity index (χ0n) is 18.4. The third kappa shape index (κ3) is 3.31. The van der Waals surface area contributed by atoms with Crippen molar-refractivity contribution in [3.05, 3.63) is 57.7 Å². The van der Waals surface area contributed by atoms with Crippen LogP contribution >= 0.6 is 11.8 Å². The molecule has 0 unspecified atom stereocenters. The van der Waals surface area contributed by atoms with Gasteiger partial charge in [0, 0.05) is 29.9 Å². The van der Waals surface area contributed by atoms with Crippen molar-refractivity contribution in [1.29, 1.82) is 0 Å². The van der Waals surface area contributed by atoms with E-state index in [4.69, 9.17) is 9.52 Å². The van der Waals surface area contributed by atoms with Gasteiger partial charge in [-0.1, -0.05) is 23.9 Å².